The molecule has 0 fully saturated rings. The minimum atomic E-state index is 0. The Morgan fingerprint density at radius 2 is 1.75 bits per heavy atom. The smallest absolute Gasteiger partial charge is 0.0704 e. The van der Waals surface area contributed by atoms with Crippen LogP contribution in [-0.2, 0) is 39.1 Å². The molecule has 16 heavy (non-hydrogen) atoms. The summed E-state index contributed by atoms with van der Waals surface area (Å²) in [7, 11) is 0. The molecule has 0 spiro atoms. The number of benzene rings is 1. The van der Waals surface area contributed by atoms with Crippen molar-refractivity contribution >= 4 is 0 Å². The minimum absolute atomic E-state index is 0. The molecule has 3 heteroatoms. The third-order valence-electron chi connectivity index (χ3n) is 2.34. The molecule has 0 saturated heterocycles. The summed E-state index contributed by atoms with van der Waals surface area (Å²) in [6.45, 7) is 0.170. The van der Waals surface area contributed by atoms with Crippen LogP contribution in [-0.4, -0.2) is 16.7 Å². The molecular weight excluding hydrogens is 275 g/mol. The van der Waals surface area contributed by atoms with Crippen LogP contribution in [0.25, 0.3) is 11.3 Å². The van der Waals surface area contributed by atoms with Gasteiger partial charge in [-0.05, 0) is 24.1 Å². The van der Waals surface area contributed by atoms with Crippen LogP contribution in [0.2, 0.25) is 0 Å². The zero-order valence-electron chi connectivity index (χ0n) is 9.00. The Labute approximate surface area is 121 Å². The third-order valence-corrected chi connectivity index (χ3v) is 2.34. The topological polar surface area (TPSA) is 33.1 Å². The zero-order chi connectivity index (χ0) is 10.5. The monoisotopic (exact) mass is 288 g/mol. The van der Waals surface area contributed by atoms with Gasteiger partial charge >= 0.3 is 0 Å². The zero-order valence-corrected chi connectivity index (χ0v) is 11.8. The molecule has 1 heterocycles. The van der Waals surface area contributed by atoms with Crippen molar-refractivity contribution in [2.24, 2.45) is 0 Å². The van der Waals surface area contributed by atoms with Gasteiger partial charge in [-0.1, -0.05) is 30.3 Å². The Morgan fingerprint density at radius 1 is 1.00 bits per heavy atom. The summed E-state index contributed by atoms with van der Waals surface area (Å²) in [5, 5.41) is 8.97. The van der Waals surface area contributed by atoms with Gasteiger partial charge in [0.15, 0.2) is 0 Å². The van der Waals surface area contributed by atoms with Crippen molar-refractivity contribution in [2.75, 3.05) is 6.61 Å². The molecule has 0 saturated carbocycles. The van der Waals surface area contributed by atoms with E-state index in [0.717, 1.165) is 16.8 Å². The number of hydrogen-bond acceptors (Lipinski definition) is 2. The van der Waals surface area contributed by atoms with E-state index in [2.05, 4.69) is 4.98 Å². The molecule has 0 aliphatic heterocycles. The fourth-order valence-electron chi connectivity index (χ4n) is 1.63. The van der Waals surface area contributed by atoms with Gasteiger partial charge in [-0.3, -0.25) is 4.98 Å². The molecule has 1 radical (unpaired) electrons. The molecular formula is C13H13NOY. The molecule has 0 aliphatic rings. The Morgan fingerprint density at radius 3 is 2.44 bits per heavy atom. The molecule has 0 unspecified atom stereocenters. The number of aromatic nitrogens is 1. The van der Waals surface area contributed by atoms with Crippen LogP contribution in [0.5, 0.6) is 0 Å². The van der Waals surface area contributed by atoms with Crippen molar-refractivity contribution in [3.05, 3.63) is 54.2 Å². The van der Waals surface area contributed by atoms with E-state index in [1.54, 1.807) is 6.20 Å². The Hall–Kier alpha value is -0.566. The van der Waals surface area contributed by atoms with E-state index in [1.165, 1.54) is 0 Å². The van der Waals surface area contributed by atoms with Crippen LogP contribution in [0, 0.1) is 0 Å². The normalized spacial score (nSPS) is 9.56. The maximum absolute atomic E-state index is 8.97. The van der Waals surface area contributed by atoms with E-state index < -0.39 is 0 Å². The van der Waals surface area contributed by atoms with Crippen LogP contribution in [0.15, 0.2) is 48.7 Å². The van der Waals surface area contributed by atoms with Crippen LogP contribution < -0.4 is 0 Å². The van der Waals surface area contributed by atoms with Crippen LogP contribution in [0.1, 0.15) is 5.56 Å². The maximum atomic E-state index is 8.97. The third kappa shape index (κ3) is 3.21. The molecule has 1 N–H and O–H groups in total. The molecule has 0 atom stereocenters. The summed E-state index contributed by atoms with van der Waals surface area (Å²) >= 11 is 0. The predicted octanol–water partition coefficient (Wildman–Crippen LogP) is 2.28. The number of rotatable bonds is 3. The van der Waals surface area contributed by atoms with Gasteiger partial charge < -0.3 is 5.11 Å². The van der Waals surface area contributed by atoms with Crippen LogP contribution in [0.4, 0.5) is 0 Å². The van der Waals surface area contributed by atoms with Crippen molar-refractivity contribution in [2.45, 2.75) is 6.42 Å². The molecule has 2 aromatic rings. The van der Waals surface area contributed by atoms with Gasteiger partial charge in [-0.2, -0.15) is 0 Å². The molecule has 2 rings (SSSR count). The summed E-state index contributed by atoms with van der Waals surface area (Å²) < 4.78 is 0. The summed E-state index contributed by atoms with van der Waals surface area (Å²) in [6.07, 6.45) is 2.46. The second-order valence-corrected chi connectivity index (χ2v) is 3.35. The van der Waals surface area contributed by atoms with Gasteiger partial charge in [-0.15, -0.1) is 0 Å². The largest absolute Gasteiger partial charge is 0.396 e. The quantitative estimate of drug-likeness (QED) is 0.940. The summed E-state index contributed by atoms with van der Waals surface area (Å²) in [6, 6.07) is 13.9. The second-order valence-electron chi connectivity index (χ2n) is 3.35. The van der Waals surface area contributed by atoms with E-state index in [-0.39, 0.29) is 39.3 Å². The average Bonchev–Trinajstić information content (AvgIpc) is 2.31. The number of nitrogens with zero attached hydrogens (tertiary/aromatic N) is 1. The van der Waals surface area contributed by atoms with Crippen molar-refractivity contribution in [1.29, 1.82) is 0 Å². The minimum Gasteiger partial charge on any atom is -0.396 e. The molecule has 1 aromatic carbocycles. The number of aliphatic hydroxyl groups is 1. The van der Waals surface area contributed by atoms with Gasteiger partial charge in [0.25, 0.3) is 0 Å². The first kappa shape index (κ1) is 13.5. The molecule has 2 nitrogen and oxygen atoms in total. The molecule has 79 valence electrons. The number of aliphatic hydroxyl groups excluding tert-OH is 1. The van der Waals surface area contributed by atoms with Crippen LogP contribution >= 0.6 is 0 Å². The average molecular weight is 288 g/mol. The van der Waals surface area contributed by atoms with Crippen LogP contribution in [0.3, 0.4) is 0 Å². The first-order valence-corrected chi connectivity index (χ1v) is 5.02. The standard InChI is InChI=1S/C13H13NO.Y/c15-10-8-11-5-1-2-6-12(11)13-7-3-4-9-14-13;/h1-7,9,15H,8,10H2;. The predicted molar refractivity (Wildman–Crippen MR) is 60.5 cm³/mol. The Balaban J connectivity index is 0.00000128. The van der Waals surface area contributed by atoms with E-state index >= 15 is 0 Å². The van der Waals surface area contributed by atoms with Gasteiger partial charge in [0.1, 0.15) is 0 Å². The first-order chi connectivity index (χ1) is 7.42. The molecule has 0 amide bonds. The van der Waals surface area contributed by atoms with E-state index in [4.69, 9.17) is 5.11 Å². The first-order valence-electron chi connectivity index (χ1n) is 5.02. The second kappa shape index (κ2) is 6.90. The number of hydrogen-bond donors (Lipinski definition) is 1. The Bertz CT molecular complexity index is 431. The van der Waals surface area contributed by atoms with E-state index in [1.807, 2.05) is 42.5 Å². The summed E-state index contributed by atoms with van der Waals surface area (Å²) in [5.41, 5.74) is 3.20. The van der Waals surface area contributed by atoms with Crippen molar-refractivity contribution in [1.82, 2.24) is 4.98 Å². The maximum Gasteiger partial charge on any atom is 0.0704 e. The molecule has 0 aliphatic carbocycles. The van der Waals surface area contributed by atoms with Gasteiger partial charge in [0.2, 0.25) is 0 Å². The molecule has 0 bridgehead atoms. The Kier molecular flexibility index (Phi) is 5.82. The molecule has 1 aromatic heterocycles. The van der Waals surface area contributed by atoms with Gasteiger partial charge in [-0.25, -0.2) is 0 Å². The summed E-state index contributed by atoms with van der Waals surface area (Å²) in [4.78, 5) is 4.31. The van der Waals surface area contributed by atoms with Gasteiger partial charge in [0.05, 0.1) is 5.69 Å². The SMILES string of the molecule is OCCc1ccccc1-c1ccccn1.[Y]. The summed E-state index contributed by atoms with van der Waals surface area (Å²) in [5.74, 6) is 0. The van der Waals surface area contributed by atoms with Gasteiger partial charge in [0, 0.05) is 51.1 Å². The van der Waals surface area contributed by atoms with Crippen molar-refractivity contribution in [3.8, 4) is 11.3 Å². The van der Waals surface area contributed by atoms with Crippen molar-refractivity contribution < 1.29 is 37.8 Å². The van der Waals surface area contributed by atoms with E-state index in [9.17, 15) is 0 Å². The van der Waals surface area contributed by atoms with Crippen molar-refractivity contribution in [3.63, 3.8) is 0 Å². The fraction of sp³-hybridized carbons (Fsp3) is 0.154. The number of pyridine rings is 1. The van der Waals surface area contributed by atoms with E-state index in [0.29, 0.717) is 6.42 Å². The fourth-order valence-corrected chi connectivity index (χ4v) is 1.63.